The van der Waals surface area contributed by atoms with Crippen molar-refractivity contribution >= 4 is 22.7 Å². The van der Waals surface area contributed by atoms with Gasteiger partial charge in [-0.2, -0.15) is 9.61 Å². The van der Waals surface area contributed by atoms with E-state index in [1.54, 1.807) is 10.8 Å². The Kier molecular flexibility index (Phi) is 3.97. The average molecular weight is 328 g/mol. The molecule has 1 atom stereocenters. The predicted octanol–water partition coefficient (Wildman–Crippen LogP) is 2.57. The summed E-state index contributed by atoms with van der Waals surface area (Å²) >= 11 is 1.83. The van der Waals surface area contributed by atoms with Gasteiger partial charge in [-0.1, -0.05) is 6.07 Å². The molecule has 1 aliphatic rings. The summed E-state index contributed by atoms with van der Waals surface area (Å²) in [7, 11) is 0. The van der Waals surface area contributed by atoms with Gasteiger partial charge in [0.1, 0.15) is 6.33 Å². The van der Waals surface area contributed by atoms with Gasteiger partial charge in [-0.3, -0.25) is 4.90 Å². The van der Waals surface area contributed by atoms with Gasteiger partial charge in [0.05, 0.1) is 11.4 Å². The lowest BCUT2D eigenvalue weighted by atomic mass is 10.1. The number of anilines is 1. The lowest BCUT2D eigenvalue weighted by Gasteiger charge is -2.33. The number of aromatic nitrogens is 4. The minimum atomic E-state index is 0.436. The molecule has 1 N–H and O–H groups in total. The number of thiophene rings is 1. The van der Waals surface area contributed by atoms with Gasteiger partial charge >= 0.3 is 0 Å². The highest BCUT2D eigenvalue weighted by molar-refractivity contribution is 7.09. The molecule has 1 unspecified atom stereocenters. The van der Waals surface area contributed by atoms with Gasteiger partial charge in [0.15, 0.2) is 0 Å². The van der Waals surface area contributed by atoms with Crippen LogP contribution >= 0.6 is 11.3 Å². The Morgan fingerprint density at radius 2 is 2.39 bits per heavy atom. The van der Waals surface area contributed by atoms with Gasteiger partial charge in [-0.25, -0.2) is 0 Å². The highest BCUT2D eigenvalue weighted by Crippen LogP contribution is 2.21. The van der Waals surface area contributed by atoms with Crippen molar-refractivity contribution in [3.8, 4) is 0 Å². The van der Waals surface area contributed by atoms with Crippen molar-refractivity contribution in [2.75, 3.05) is 18.4 Å². The number of hydrogen-bond acceptors (Lipinski definition) is 6. The monoisotopic (exact) mass is 328 g/mol. The number of hydrogen-bond donors (Lipinski definition) is 1. The Labute approximate surface area is 139 Å². The summed E-state index contributed by atoms with van der Waals surface area (Å²) in [5.41, 5.74) is 2.79. The first kappa shape index (κ1) is 14.6. The fourth-order valence-corrected chi connectivity index (χ4v) is 3.96. The number of nitrogens with zero attached hydrogens (tertiary/aromatic N) is 5. The van der Waals surface area contributed by atoms with Crippen molar-refractivity contribution in [2.24, 2.45) is 0 Å². The third-order valence-corrected chi connectivity index (χ3v) is 5.08. The predicted molar refractivity (Wildman–Crippen MR) is 91.8 cm³/mol. The SMILES string of the molecule is Cc1cc(NC2CCCN(Cc3cccs3)C2)c2nncn2n1. The van der Waals surface area contributed by atoms with E-state index in [4.69, 9.17) is 0 Å². The van der Waals surface area contributed by atoms with Crippen molar-refractivity contribution in [2.45, 2.75) is 32.4 Å². The third kappa shape index (κ3) is 3.20. The Morgan fingerprint density at radius 1 is 1.43 bits per heavy atom. The number of fused-ring (bicyclic) bond motifs is 1. The molecule has 0 radical (unpaired) electrons. The number of aryl methyl sites for hydroxylation is 1. The number of piperidine rings is 1. The van der Waals surface area contributed by atoms with Gasteiger partial charge in [0.2, 0.25) is 5.65 Å². The van der Waals surface area contributed by atoms with E-state index in [1.165, 1.54) is 24.3 Å². The molecule has 120 valence electrons. The molecule has 4 rings (SSSR count). The molecule has 0 aromatic carbocycles. The van der Waals surface area contributed by atoms with E-state index in [0.717, 1.165) is 30.1 Å². The first-order valence-electron chi connectivity index (χ1n) is 7.97. The fraction of sp³-hybridized carbons (Fsp3) is 0.438. The highest BCUT2D eigenvalue weighted by Gasteiger charge is 2.21. The van der Waals surface area contributed by atoms with Crippen LogP contribution in [-0.4, -0.2) is 43.8 Å². The molecule has 1 fully saturated rings. The second kappa shape index (κ2) is 6.25. The maximum atomic E-state index is 4.40. The molecule has 0 spiro atoms. The highest BCUT2D eigenvalue weighted by atomic mass is 32.1. The molecule has 3 aromatic rings. The van der Waals surface area contributed by atoms with Gasteiger partial charge < -0.3 is 5.32 Å². The van der Waals surface area contributed by atoms with Crippen LogP contribution in [0, 0.1) is 6.92 Å². The van der Waals surface area contributed by atoms with Crippen molar-refractivity contribution in [1.29, 1.82) is 0 Å². The van der Waals surface area contributed by atoms with Crippen LogP contribution in [0.5, 0.6) is 0 Å². The van der Waals surface area contributed by atoms with E-state index in [9.17, 15) is 0 Å². The summed E-state index contributed by atoms with van der Waals surface area (Å²) in [5.74, 6) is 0. The van der Waals surface area contributed by atoms with Crippen molar-refractivity contribution in [3.05, 3.63) is 40.5 Å². The second-order valence-corrected chi connectivity index (χ2v) is 7.13. The minimum absolute atomic E-state index is 0.436. The summed E-state index contributed by atoms with van der Waals surface area (Å²) < 4.78 is 1.74. The lowest BCUT2D eigenvalue weighted by molar-refractivity contribution is 0.210. The molecule has 0 aliphatic carbocycles. The standard InChI is InChI=1S/C16H20N6S/c1-12-8-15(16-19-17-11-22(16)20-12)18-13-4-2-6-21(9-13)10-14-5-3-7-23-14/h3,5,7-8,11,13,18H,2,4,6,9-10H2,1H3. The molecule has 1 saturated heterocycles. The van der Waals surface area contributed by atoms with Crippen LogP contribution in [-0.2, 0) is 6.54 Å². The van der Waals surface area contributed by atoms with Crippen LogP contribution in [0.4, 0.5) is 5.69 Å². The molecule has 23 heavy (non-hydrogen) atoms. The van der Waals surface area contributed by atoms with Gasteiger partial charge in [-0.15, -0.1) is 21.5 Å². The topological polar surface area (TPSA) is 58.3 Å². The van der Waals surface area contributed by atoms with E-state index in [0.29, 0.717) is 6.04 Å². The summed E-state index contributed by atoms with van der Waals surface area (Å²) in [5, 5.41) is 18.3. The molecule has 7 heteroatoms. The minimum Gasteiger partial charge on any atom is -0.378 e. The zero-order valence-electron chi connectivity index (χ0n) is 13.1. The van der Waals surface area contributed by atoms with E-state index in [2.05, 4.69) is 49.1 Å². The molecule has 4 heterocycles. The molecular formula is C16H20N6S. The number of likely N-dealkylation sites (tertiary alicyclic amines) is 1. The summed E-state index contributed by atoms with van der Waals surface area (Å²) in [4.78, 5) is 3.97. The van der Waals surface area contributed by atoms with Gasteiger partial charge in [-0.05, 0) is 43.8 Å². The zero-order valence-corrected chi connectivity index (χ0v) is 14.0. The van der Waals surface area contributed by atoms with Crippen LogP contribution in [0.15, 0.2) is 29.9 Å². The summed E-state index contributed by atoms with van der Waals surface area (Å²) in [6.45, 7) is 5.27. The molecule has 1 aliphatic heterocycles. The van der Waals surface area contributed by atoms with Crippen LogP contribution in [0.25, 0.3) is 5.65 Å². The van der Waals surface area contributed by atoms with E-state index in [-0.39, 0.29) is 0 Å². The molecule has 6 nitrogen and oxygen atoms in total. The average Bonchev–Trinajstić information content (AvgIpc) is 3.19. The van der Waals surface area contributed by atoms with Gasteiger partial charge in [0, 0.05) is 24.0 Å². The molecule has 0 saturated carbocycles. The summed E-state index contributed by atoms with van der Waals surface area (Å²) in [6, 6.07) is 6.84. The van der Waals surface area contributed by atoms with Crippen LogP contribution < -0.4 is 5.32 Å². The molecular weight excluding hydrogens is 308 g/mol. The smallest absolute Gasteiger partial charge is 0.200 e. The fourth-order valence-electron chi connectivity index (χ4n) is 3.22. The second-order valence-electron chi connectivity index (χ2n) is 6.10. The summed E-state index contributed by atoms with van der Waals surface area (Å²) in [6.07, 6.45) is 4.05. The van der Waals surface area contributed by atoms with Gasteiger partial charge in [0.25, 0.3) is 0 Å². The van der Waals surface area contributed by atoms with Crippen LogP contribution in [0.3, 0.4) is 0 Å². The Balaban J connectivity index is 1.48. The van der Waals surface area contributed by atoms with E-state index in [1.807, 2.05) is 18.3 Å². The van der Waals surface area contributed by atoms with Crippen molar-refractivity contribution in [3.63, 3.8) is 0 Å². The zero-order chi connectivity index (χ0) is 15.6. The first-order valence-corrected chi connectivity index (χ1v) is 8.85. The quantitative estimate of drug-likeness (QED) is 0.798. The number of nitrogens with one attached hydrogen (secondary N) is 1. The van der Waals surface area contributed by atoms with Crippen LogP contribution in [0.2, 0.25) is 0 Å². The van der Waals surface area contributed by atoms with E-state index < -0.39 is 0 Å². The molecule has 0 amide bonds. The van der Waals surface area contributed by atoms with Crippen molar-refractivity contribution < 1.29 is 0 Å². The maximum absolute atomic E-state index is 4.40. The number of rotatable bonds is 4. The third-order valence-electron chi connectivity index (χ3n) is 4.21. The Bertz CT molecular complexity index is 781. The van der Waals surface area contributed by atoms with E-state index >= 15 is 0 Å². The largest absolute Gasteiger partial charge is 0.378 e. The Hall–Kier alpha value is -1.99. The van der Waals surface area contributed by atoms with Crippen molar-refractivity contribution in [1.82, 2.24) is 24.7 Å². The molecule has 0 bridgehead atoms. The van der Waals surface area contributed by atoms with Crippen LogP contribution in [0.1, 0.15) is 23.4 Å². The Morgan fingerprint density at radius 3 is 3.26 bits per heavy atom. The molecule has 3 aromatic heterocycles. The maximum Gasteiger partial charge on any atom is 0.200 e. The normalized spacial score (nSPS) is 19.3. The first-order chi connectivity index (χ1) is 11.3. The lowest BCUT2D eigenvalue weighted by Crippen LogP contribution is -2.41.